The van der Waals surface area contributed by atoms with Crippen molar-refractivity contribution in [2.24, 2.45) is 11.8 Å². The molecule has 204 valence electrons. The van der Waals surface area contributed by atoms with Crippen LogP contribution in [0.15, 0.2) is 42.5 Å². The molecule has 8 nitrogen and oxygen atoms in total. The van der Waals surface area contributed by atoms with Crippen molar-refractivity contribution < 1.29 is 19.0 Å². The minimum atomic E-state index is -0.162. The molecule has 2 aliphatic rings. The summed E-state index contributed by atoms with van der Waals surface area (Å²) >= 11 is 0. The van der Waals surface area contributed by atoms with Gasteiger partial charge in [-0.15, -0.1) is 0 Å². The number of carbonyl (C=O) groups excluding carboxylic acids is 1. The van der Waals surface area contributed by atoms with Gasteiger partial charge in [-0.3, -0.25) is 0 Å². The summed E-state index contributed by atoms with van der Waals surface area (Å²) in [7, 11) is 5.46. The number of hydrogen-bond donors (Lipinski definition) is 1. The van der Waals surface area contributed by atoms with Crippen molar-refractivity contribution in [3.05, 3.63) is 53.6 Å². The first kappa shape index (κ1) is 27.6. The lowest BCUT2D eigenvalue weighted by molar-refractivity contribution is 0.0728. The quantitative estimate of drug-likeness (QED) is 0.456. The molecule has 2 aromatic rings. The van der Waals surface area contributed by atoms with E-state index in [1.54, 1.807) is 14.2 Å². The van der Waals surface area contributed by atoms with Crippen LogP contribution < -0.4 is 19.5 Å². The van der Waals surface area contributed by atoms with Crippen LogP contribution in [0.2, 0.25) is 0 Å². The molecule has 2 fully saturated rings. The number of urea groups is 1. The van der Waals surface area contributed by atoms with Gasteiger partial charge >= 0.3 is 6.03 Å². The third-order valence-corrected chi connectivity index (χ3v) is 7.93. The predicted octanol–water partition coefficient (Wildman–Crippen LogP) is 4.85. The summed E-state index contributed by atoms with van der Waals surface area (Å²) in [6.45, 7) is 5.27. The van der Waals surface area contributed by atoms with E-state index in [4.69, 9.17) is 14.2 Å². The second-order valence-corrected chi connectivity index (χ2v) is 10.3. The average molecular weight is 521 g/mol. The number of amides is 2. The number of nitriles is 1. The van der Waals surface area contributed by atoms with Crippen LogP contribution in [0.1, 0.15) is 49.8 Å². The van der Waals surface area contributed by atoms with Gasteiger partial charge in [0.2, 0.25) is 0 Å². The molecular weight excluding hydrogens is 480 g/mol. The predicted molar refractivity (Wildman–Crippen MR) is 147 cm³/mol. The molecule has 1 saturated heterocycles. The first-order valence-electron chi connectivity index (χ1n) is 13.6. The first-order chi connectivity index (χ1) is 18.5. The Morgan fingerprint density at radius 3 is 2.39 bits per heavy atom. The average Bonchev–Trinajstić information content (AvgIpc) is 3.21. The van der Waals surface area contributed by atoms with E-state index < -0.39 is 0 Å². The summed E-state index contributed by atoms with van der Waals surface area (Å²) in [5.41, 5.74) is 1.67. The SMILES string of the molecule is CCNC(=O)N1CC2CCC(C1)C2N(C)CCCC(Oc1ccc(OC)c(OC)c1)c1ccc(C#N)cc1. The fourth-order valence-corrected chi connectivity index (χ4v) is 6.14. The van der Waals surface area contributed by atoms with Gasteiger partial charge in [0.05, 0.1) is 25.9 Å². The van der Waals surface area contributed by atoms with Crippen LogP contribution in [0, 0.1) is 23.2 Å². The van der Waals surface area contributed by atoms with Crippen molar-refractivity contribution in [3.63, 3.8) is 0 Å². The number of fused-ring (bicyclic) bond motifs is 2. The Bertz CT molecular complexity index is 1100. The summed E-state index contributed by atoms with van der Waals surface area (Å²) in [6, 6.07) is 16.0. The zero-order chi connectivity index (χ0) is 27.1. The Hall–Kier alpha value is -3.44. The van der Waals surface area contributed by atoms with E-state index in [9.17, 15) is 10.1 Å². The lowest BCUT2D eigenvalue weighted by Crippen LogP contribution is -2.55. The van der Waals surface area contributed by atoms with Crippen LogP contribution in [0.25, 0.3) is 0 Å². The largest absolute Gasteiger partial charge is 0.493 e. The molecule has 2 aromatic carbocycles. The van der Waals surface area contributed by atoms with E-state index >= 15 is 0 Å². The van der Waals surface area contributed by atoms with Gasteiger partial charge in [-0.2, -0.15) is 5.26 Å². The Balaban J connectivity index is 1.40. The van der Waals surface area contributed by atoms with Crippen molar-refractivity contribution in [2.75, 3.05) is 47.4 Å². The molecule has 1 aliphatic carbocycles. The highest BCUT2D eigenvalue weighted by molar-refractivity contribution is 5.74. The third kappa shape index (κ3) is 6.33. The maximum atomic E-state index is 12.4. The van der Waals surface area contributed by atoms with Crippen LogP contribution in [-0.2, 0) is 0 Å². The lowest BCUT2D eigenvalue weighted by Gasteiger charge is -2.42. The molecule has 2 bridgehead atoms. The summed E-state index contributed by atoms with van der Waals surface area (Å²) in [5.74, 6) is 3.04. The second kappa shape index (κ2) is 12.9. The number of carbonyl (C=O) groups is 1. The van der Waals surface area contributed by atoms with Gasteiger partial charge in [0.25, 0.3) is 0 Å². The van der Waals surface area contributed by atoms with E-state index in [1.807, 2.05) is 54.3 Å². The topological polar surface area (TPSA) is 87.1 Å². The Morgan fingerprint density at radius 1 is 1.11 bits per heavy atom. The molecular formula is C30H40N4O4. The van der Waals surface area contributed by atoms with Crippen molar-refractivity contribution in [2.45, 2.75) is 44.8 Å². The maximum Gasteiger partial charge on any atom is 0.317 e. The molecule has 2 amide bonds. The molecule has 1 N–H and O–H groups in total. The number of rotatable bonds is 11. The smallest absolute Gasteiger partial charge is 0.317 e. The van der Waals surface area contributed by atoms with Crippen LogP contribution >= 0.6 is 0 Å². The van der Waals surface area contributed by atoms with Gasteiger partial charge < -0.3 is 29.3 Å². The van der Waals surface area contributed by atoms with Crippen LogP contribution in [0.3, 0.4) is 0 Å². The monoisotopic (exact) mass is 520 g/mol. The Labute approximate surface area is 226 Å². The molecule has 1 heterocycles. The lowest BCUT2D eigenvalue weighted by atomic mass is 9.90. The van der Waals surface area contributed by atoms with Crippen molar-refractivity contribution in [3.8, 4) is 23.3 Å². The minimum Gasteiger partial charge on any atom is -0.493 e. The van der Waals surface area contributed by atoms with E-state index in [2.05, 4.69) is 23.3 Å². The number of piperidine rings is 1. The number of nitrogens with one attached hydrogen (secondary N) is 1. The van der Waals surface area contributed by atoms with Crippen LogP contribution in [0.4, 0.5) is 4.79 Å². The number of ether oxygens (including phenoxy) is 3. The molecule has 38 heavy (non-hydrogen) atoms. The van der Waals surface area contributed by atoms with Crippen molar-refractivity contribution >= 4 is 6.03 Å². The standard InChI is InChI=1S/C30H40N4O4/c1-5-32-30(35)34-19-23-12-13-24(20-34)29(23)33(2)16-6-7-26(22-10-8-21(18-31)9-11-22)38-25-14-15-27(36-3)28(17-25)37-4/h8-11,14-15,17,23-24,26,29H,5-7,12-13,16,19-20H2,1-4H3,(H,32,35). The van der Waals surface area contributed by atoms with Gasteiger partial charge in [-0.1, -0.05) is 12.1 Å². The normalized spacial score (nSPS) is 21.1. The molecule has 4 rings (SSSR count). The van der Waals surface area contributed by atoms with E-state index in [0.717, 1.165) is 38.0 Å². The van der Waals surface area contributed by atoms with Crippen LogP contribution in [0.5, 0.6) is 17.2 Å². The molecule has 0 aromatic heterocycles. The first-order valence-corrected chi connectivity index (χ1v) is 13.6. The fourth-order valence-electron chi connectivity index (χ4n) is 6.14. The summed E-state index contributed by atoms with van der Waals surface area (Å²) < 4.78 is 17.3. The third-order valence-electron chi connectivity index (χ3n) is 7.93. The molecule has 1 saturated carbocycles. The zero-order valence-electron chi connectivity index (χ0n) is 23.0. The van der Waals surface area contributed by atoms with E-state index in [-0.39, 0.29) is 12.1 Å². The molecule has 3 atom stereocenters. The number of methoxy groups -OCH3 is 2. The minimum absolute atomic E-state index is 0.0723. The van der Waals surface area contributed by atoms with Crippen LogP contribution in [-0.4, -0.2) is 69.3 Å². The number of likely N-dealkylation sites (tertiary alicyclic amines) is 1. The van der Waals surface area contributed by atoms with Gasteiger partial charge in [-0.25, -0.2) is 4.79 Å². The summed E-state index contributed by atoms with van der Waals surface area (Å²) in [4.78, 5) is 16.9. The fraction of sp³-hybridized carbons (Fsp3) is 0.533. The number of hydrogen-bond acceptors (Lipinski definition) is 6. The highest BCUT2D eigenvalue weighted by Crippen LogP contribution is 2.40. The number of nitrogens with zero attached hydrogens (tertiary/aromatic N) is 3. The molecule has 0 spiro atoms. The van der Waals surface area contributed by atoms with Gasteiger partial charge in [0.1, 0.15) is 11.9 Å². The van der Waals surface area contributed by atoms with E-state index in [0.29, 0.717) is 47.2 Å². The summed E-state index contributed by atoms with van der Waals surface area (Å²) in [5, 5.41) is 12.2. The van der Waals surface area contributed by atoms with Crippen molar-refractivity contribution in [1.82, 2.24) is 15.1 Å². The highest BCUT2D eigenvalue weighted by Gasteiger charge is 2.44. The number of benzene rings is 2. The molecule has 3 unspecified atom stereocenters. The molecule has 8 heteroatoms. The Kier molecular flexibility index (Phi) is 9.35. The Morgan fingerprint density at radius 2 is 1.79 bits per heavy atom. The maximum absolute atomic E-state index is 12.4. The van der Waals surface area contributed by atoms with Gasteiger partial charge in [0.15, 0.2) is 11.5 Å². The van der Waals surface area contributed by atoms with Gasteiger partial charge in [0, 0.05) is 31.7 Å². The summed E-state index contributed by atoms with van der Waals surface area (Å²) in [6.07, 6.45) is 4.00. The molecule has 1 aliphatic heterocycles. The second-order valence-electron chi connectivity index (χ2n) is 10.3. The molecule has 0 radical (unpaired) electrons. The zero-order valence-corrected chi connectivity index (χ0v) is 23.0. The highest BCUT2D eigenvalue weighted by atomic mass is 16.5. The van der Waals surface area contributed by atoms with Crippen molar-refractivity contribution in [1.29, 1.82) is 5.26 Å². The van der Waals surface area contributed by atoms with Gasteiger partial charge in [-0.05, 0) is 87.9 Å². The van der Waals surface area contributed by atoms with E-state index in [1.165, 1.54) is 12.8 Å².